The van der Waals surface area contributed by atoms with Gasteiger partial charge >= 0.3 is 6.09 Å². The average Bonchev–Trinajstić information content (AvgIpc) is 2.67. The van der Waals surface area contributed by atoms with E-state index in [9.17, 15) is 4.79 Å². The van der Waals surface area contributed by atoms with Crippen LogP contribution < -0.4 is 0 Å². The van der Waals surface area contributed by atoms with E-state index in [2.05, 4.69) is 4.74 Å². The fourth-order valence-corrected chi connectivity index (χ4v) is 1.94. The normalized spacial score (nSPS) is 25.4. The first-order chi connectivity index (χ1) is 6.76. The number of carbonyl (C=O) groups excluding carboxylic acids is 1. The predicted octanol–water partition coefficient (Wildman–Crippen LogP) is 0.592. The predicted molar refractivity (Wildman–Crippen MR) is 47.8 cm³/mol. The van der Waals surface area contributed by atoms with E-state index in [-0.39, 0.29) is 6.09 Å². The minimum absolute atomic E-state index is 0.266. The molecule has 0 bridgehead atoms. The first-order valence-corrected chi connectivity index (χ1v) is 4.87. The molecule has 1 amide bonds. The number of methoxy groups -OCH3 is 1. The monoisotopic (exact) mass is 201 g/mol. The van der Waals surface area contributed by atoms with Gasteiger partial charge in [0, 0.05) is 25.9 Å². The Morgan fingerprint density at radius 2 is 1.86 bits per heavy atom. The van der Waals surface area contributed by atoms with Crippen LogP contribution in [0.1, 0.15) is 12.8 Å². The molecule has 2 rings (SSSR count). The summed E-state index contributed by atoms with van der Waals surface area (Å²) in [5, 5.41) is 0. The van der Waals surface area contributed by atoms with Crippen LogP contribution in [0.5, 0.6) is 0 Å². The van der Waals surface area contributed by atoms with Gasteiger partial charge < -0.3 is 19.1 Å². The Bertz CT molecular complexity index is 215. The first-order valence-electron chi connectivity index (χ1n) is 4.87. The molecule has 0 aliphatic carbocycles. The Kier molecular flexibility index (Phi) is 2.60. The van der Waals surface area contributed by atoms with Crippen molar-refractivity contribution in [1.82, 2.24) is 4.90 Å². The number of likely N-dealkylation sites (tertiary alicyclic amines) is 1. The molecule has 0 N–H and O–H groups in total. The number of hydrogen-bond acceptors (Lipinski definition) is 4. The molecule has 0 aromatic carbocycles. The van der Waals surface area contributed by atoms with E-state index in [0.29, 0.717) is 26.3 Å². The number of carbonyl (C=O) groups is 1. The summed E-state index contributed by atoms with van der Waals surface area (Å²) in [5.41, 5.74) is 0. The van der Waals surface area contributed by atoms with E-state index in [0.717, 1.165) is 12.8 Å². The van der Waals surface area contributed by atoms with Crippen LogP contribution in [0.2, 0.25) is 0 Å². The number of amides is 1. The summed E-state index contributed by atoms with van der Waals surface area (Å²) in [5.74, 6) is -0.412. The van der Waals surface area contributed by atoms with Crippen LogP contribution in [-0.2, 0) is 14.2 Å². The molecule has 0 radical (unpaired) electrons. The highest BCUT2D eigenvalue weighted by Gasteiger charge is 2.40. The fraction of sp³-hybridized carbons (Fsp3) is 0.889. The van der Waals surface area contributed by atoms with Gasteiger partial charge in [-0.05, 0) is 0 Å². The Morgan fingerprint density at radius 1 is 1.29 bits per heavy atom. The average molecular weight is 201 g/mol. The summed E-state index contributed by atoms with van der Waals surface area (Å²) in [6.07, 6.45) is 1.21. The molecule has 80 valence electrons. The zero-order valence-electron chi connectivity index (χ0n) is 8.32. The summed E-state index contributed by atoms with van der Waals surface area (Å²) < 4.78 is 15.7. The number of ether oxygens (including phenoxy) is 3. The molecule has 0 saturated carbocycles. The highest BCUT2D eigenvalue weighted by Crippen LogP contribution is 2.31. The molecule has 2 fully saturated rings. The van der Waals surface area contributed by atoms with Gasteiger partial charge in [0.05, 0.1) is 20.3 Å². The van der Waals surface area contributed by atoms with Gasteiger partial charge in [0.25, 0.3) is 0 Å². The van der Waals surface area contributed by atoms with Crippen LogP contribution >= 0.6 is 0 Å². The SMILES string of the molecule is COC(=O)N1CCC2(CC1)OCCO2. The van der Waals surface area contributed by atoms with Crippen LogP contribution in [-0.4, -0.2) is 50.2 Å². The zero-order chi connectivity index (χ0) is 10.0. The van der Waals surface area contributed by atoms with Crippen molar-refractivity contribution in [2.45, 2.75) is 18.6 Å². The highest BCUT2D eigenvalue weighted by molar-refractivity contribution is 5.67. The van der Waals surface area contributed by atoms with E-state index in [1.165, 1.54) is 7.11 Å². The lowest BCUT2D eigenvalue weighted by atomic mass is 10.0. The van der Waals surface area contributed by atoms with E-state index in [1.54, 1.807) is 4.90 Å². The third kappa shape index (κ3) is 1.69. The Hall–Kier alpha value is -0.810. The molecular formula is C9H15NO4. The number of rotatable bonds is 0. The molecule has 2 saturated heterocycles. The van der Waals surface area contributed by atoms with Crippen molar-refractivity contribution >= 4 is 6.09 Å². The largest absolute Gasteiger partial charge is 0.453 e. The summed E-state index contributed by atoms with van der Waals surface area (Å²) >= 11 is 0. The molecular weight excluding hydrogens is 186 g/mol. The van der Waals surface area contributed by atoms with Gasteiger partial charge in [0.1, 0.15) is 0 Å². The number of nitrogens with zero attached hydrogens (tertiary/aromatic N) is 1. The second-order valence-electron chi connectivity index (χ2n) is 3.56. The maximum Gasteiger partial charge on any atom is 0.409 e. The van der Waals surface area contributed by atoms with Gasteiger partial charge in [-0.2, -0.15) is 0 Å². The lowest BCUT2D eigenvalue weighted by molar-refractivity contribution is -0.182. The summed E-state index contributed by atoms with van der Waals surface area (Å²) in [7, 11) is 1.40. The van der Waals surface area contributed by atoms with Crippen molar-refractivity contribution in [3.05, 3.63) is 0 Å². The molecule has 1 spiro atoms. The molecule has 0 aromatic heterocycles. The smallest absolute Gasteiger partial charge is 0.409 e. The number of hydrogen-bond donors (Lipinski definition) is 0. The van der Waals surface area contributed by atoms with Crippen molar-refractivity contribution < 1.29 is 19.0 Å². The van der Waals surface area contributed by atoms with Crippen LogP contribution in [0, 0.1) is 0 Å². The standard InChI is InChI=1S/C9H15NO4/c1-12-8(11)10-4-2-9(3-5-10)13-6-7-14-9/h2-7H2,1H3. The van der Waals surface area contributed by atoms with Gasteiger partial charge in [-0.1, -0.05) is 0 Å². The molecule has 2 aliphatic heterocycles. The van der Waals surface area contributed by atoms with Crippen LogP contribution in [0.4, 0.5) is 4.79 Å². The van der Waals surface area contributed by atoms with E-state index >= 15 is 0 Å². The zero-order valence-corrected chi connectivity index (χ0v) is 8.32. The molecule has 2 aliphatic rings. The lowest BCUT2D eigenvalue weighted by Gasteiger charge is -2.36. The van der Waals surface area contributed by atoms with Crippen molar-refractivity contribution in [2.24, 2.45) is 0 Å². The second-order valence-corrected chi connectivity index (χ2v) is 3.56. The van der Waals surface area contributed by atoms with Crippen LogP contribution in [0.25, 0.3) is 0 Å². The van der Waals surface area contributed by atoms with Gasteiger partial charge in [0.2, 0.25) is 0 Å². The molecule has 0 unspecified atom stereocenters. The molecule has 5 heteroatoms. The molecule has 14 heavy (non-hydrogen) atoms. The third-order valence-corrected chi connectivity index (χ3v) is 2.77. The van der Waals surface area contributed by atoms with Crippen LogP contribution in [0.3, 0.4) is 0 Å². The quantitative estimate of drug-likeness (QED) is 0.575. The summed E-state index contributed by atoms with van der Waals surface area (Å²) in [6, 6.07) is 0. The fourth-order valence-electron chi connectivity index (χ4n) is 1.94. The minimum atomic E-state index is -0.412. The number of piperidine rings is 1. The minimum Gasteiger partial charge on any atom is -0.453 e. The Balaban J connectivity index is 1.88. The van der Waals surface area contributed by atoms with Gasteiger partial charge in [-0.25, -0.2) is 4.79 Å². The van der Waals surface area contributed by atoms with Crippen LogP contribution in [0.15, 0.2) is 0 Å². The molecule has 2 heterocycles. The Labute approximate surface area is 82.9 Å². The summed E-state index contributed by atoms with van der Waals surface area (Å²) in [4.78, 5) is 12.9. The van der Waals surface area contributed by atoms with Crippen molar-refractivity contribution in [3.63, 3.8) is 0 Å². The van der Waals surface area contributed by atoms with Gasteiger partial charge in [-0.3, -0.25) is 0 Å². The van der Waals surface area contributed by atoms with Gasteiger partial charge in [-0.15, -0.1) is 0 Å². The van der Waals surface area contributed by atoms with E-state index in [1.807, 2.05) is 0 Å². The second kappa shape index (κ2) is 3.74. The topological polar surface area (TPSA) is 48.0 Å². The molecule has 0 atom stereocenters. The van der Waals surface area contributed by atoms with E-state index < -0.39 is 5.79 Å². The first kappa shape index (κ1) is 9.73. The van der Waals surface area contributed by atoms with Gasteiger partial charge in [0.15, 0.2) is 5.79 Å². The van der Waals surface area contributed by atoms with Crippen molar-refractivity contribution in [2.75, 3.05) is 33.4 Å². The molecule has 0 aromatic rings. The summed E-state index contributed by atoms with van der Waals surface area (Å²) in [6.45, 7) is 2.62. The van der Waals surface area contributed by atoms with Crippen molar-refractivity contribution in [1.29, 1.82) is 0 Å². The van der Waals surface area contributed by atoms with E-state index in [4.69, 9.17) is 9.47 Å². The maximum absolute atomic E-state index is 11.2. The highest BCUT2D eigenvalue weighted by atomic mass is 16.7. The lowest BCUT2D eigenvalue weighted by Crippen LogP contribution is -2.47. The molecule has 5 nitrogen and oxygen atoms in total. The third-order valence-electron chi connectivity index (χ3n) is 2.77. The van der Waals surface area contributed by atoms with Crippen molar-refractivity contribution in [3.8, 4) is 0 Å². The maximum atomic E-state index is 11.2. The Morgan fingerprint density at radius 3 is 2.36 bits per heavy atom.